The van der Waals surface area contributed by atoms with Gasteiger partial charge < -0.3 is 4.52 Å². The maximum Gasteiger partial charge on any atom is 0.258 e. The molecule has 0 unspecified atom stereocenters. The second-order valence-electron chi connectivity index (χ2n) is 7.90. The highest BCUT2D eigenvalue weighted by Crippen LogP contribution is 2.24. The van der Waals surface area contributed by atoms with E-state index in [1.165, 1.54) is 37.1 Å². The molecule has 1 aromatic heterocycles. The van der Waals surface area contributed by atoms with Crippen molar-refractivity contribution in [2.24, 2.45) is 5.92 Å². The first-order valence-electron chi connectivity index (χ1n) is 9.92. The van der Waals surface area contributed by atoms with Crippen LogP contribution in [-0.2, 0) is 13.0 Å². The molecule has 0 amide bonds. The van der Waals surface area contributed by atoms with Crippen molar-refractivity contribution in [1.82, 2.24) is 15.0 Å². The minimum absolute atomic E-state index is 0.572. The number of nitrogens with zero attached hydrogens (tertiary/aromatic N) is 3. The highest BCUT2D eigenvalue weighted by molar-refractivity contribution is 5.60. The van der Waals surface area contributed by atoms with Crippen LogP contribution in [-0.4, -0.2) is 28.1 Å². The lowest BCUT2D eigenvalue weighted by Gasteiger charge is -2.14. The van der Waals surface area contributed by atoms with E-state index in [0.29, 0.717) is 17.6 Å². The second kappa shape index (κ2) is 8.05. The van der Waals surface area contributed by atoms with Crippen molar-refractivity contribution in [3.05, 3.63) is 59.7 Å². The fraction of sp³-hybridized carbons (Fsp3) is 0.391. The molecule has 0 bridgehead atoms. The van der Waals surface area contributed by atoms with E-state index in [2.05, 4.69) is 77.4 Å². The van der Waals surface area contributed by atoms with E-state index in [4.69, 9.17) is 4.52 Å². The molecular formula is C23H27N3O. The molecule has 1 aliphatic heterocycles. The van der Waals surface area contributed by atoms with Gasteiger partial charge in [0.1, 0.15) is 0 Å². The Morgan fingerprint density at radius 2 is 1.52 bits per heavy atom. The van der Waals surface area contributed by atoms with E-state index >= 15 is 0 Å². The van der Waals surface area contributed by atoms with E-state index in [1.807, 2.05) is 0 Å². The largest absolute Gasteiger partial charge is 0.334 e. The highest BCUT2D eigenvalue weighted by atomic mass is 16.5. The number of benzene rings is 2. The van der Waals surface area contributed by atoms with E-state index in [-0.39, 0.29) is 0 Å². The number of hydrogen-bond donors (Lipinski definition) is 0. The Hall–Kier alpha value is -2.46. The Morgan fingerprint density at radius 3 is 2.19 bits per heavy atom. The minimum Gasteiger partial charge on any atom is -0.334 e. The Labute approximate surface area is 161 Å². The summed E-state index contributed by atoms with van der Waals surface area (Å²) in [5.74, 6) is 1.87. The third kappa shape index (κ3) is 4.45. The number of likely N-dealkylation sites (tertiary alicyclic amines) is 1. The molecule has 1 saturated heterocycles. The summed E-state index contributed by atoms with van der Waals surface area (Å²) in [4.78, 5) is 7.09. The van der Waals surface area contributed by atoms with Crippen molar-refractivity contribution in [2.45, 2.75) is 39.7 Å². The standard InChI is InChI=1S/C23H27N3O/c1-17(2)15-18-5-11-21(12-6-18)23-24-22(25-27-23)20-9-7-19(8-10-20)16-26-13-3-4-14-26/h5-12,17H,3-4,13-16H2,1-2H3. The third-order valence-corrected chi connectivity index (χ3v) is 5.09. The minimum atomic E-state index is 0.572. The van der Waals surface area contributed by atoms with Gasteiger partial charge in [-0.2, -0.15) is 4.98 Å². The zero-order chi connectivity index (χ0) is 18.6. The molecule has 4 nitrogen and oxygen atoms in total. The van der Waals surface area contributed by atoms with Crippen molar-refractivity contribution in [2.75, 3.05) is 13.1 Å². The SMILES string of the molecule is CC(C)Cc1ccc(-c2nc(-c3ccc(CN4CCCC4)cc3)no2)cc1. The monoisotopic (exact) mass is 361 g/mol. The van der Waals surface area contributed by atoms with Crippen molar-refractivity contribution in [3.63, 3.8) is 0 Å². The summed E-state index contributed by atoms with van der Waals surface area (Å²) in [6.07, 6.45) is 3.73. The van der Waals surface area contributed by atoms with Gasteiger partial charge in [0.05, 0.1) is 0 Å². The van der Waals surface area contributed by atoms with Crippen LogP contribution in [0.4, 0.5) is 0 Å². The van der Waals surface area contributed by atoms with Crippen LogP contribution >= 0.6 is 0 Å². The highest BCUT2D eigenvalue weighted by Gasteiger charge is 2.13. The molecule has 4 heteroatoms. The Morgan fingerprint density at radius 1 is 0.889 bits per heavy atom. The molecule has 0 radical (unpaired) electrons. The maximum atomic E-state index is 5.49. The van der Waals surface area contributed by atoms with Gasteiger partial charge in [-0.25, -0.2) is 0 Å². The average molecular weight is 361 g/mol. The fourth-order valence-corrected chi connectivity index (χ4v) is 3.67. The molecule has 140 valence electrons. The second-order valence-corrected chi connectivity index (χ2v) is 7.90. The lowest BCUT2D eigenvalue weighted by Crippen LogP contribution is -2.18. The summed E-state index contributed by atoms with van der Waals surface area (Å²) < 4.78 is 5.49. The van der Waals surface area contributed by atoms with Crippen LogP contribution in [0.5, 0.6) is 0 Å². The first-order valence-corrected chi connectivity index (χ1v) is 9.92. The van der Waals surface area contributed by atoms with Crippen LogP contribution in [0.2, 0.25) is 0 Å². The Kier molecular flexibility index (Phi) is 5.35. The predicted molar refractivity (Wildman–Crippen MR) is 108 cm³/mol. The third-order valence-electron chi connectivity index (χ3n) is 5.09. The van der Waals surface area contributed by atoms with Crippen LogP contribution < -0.4 is 0 Å². The van der Waals surface area contributed by atoms with Gasteiger partial charge in [0, 0.05) is 17.7 Å². The van der Waals surface area contributed by atoms with Gasteiger partial charge in [-0.1, -0.05) is 55.4 Å². The topological polar surface area (TPSA) is 42.2 Å². The Balaban J connectivity index is 1.45. The van der Waals surface area contributed by atoms with Crippen molar-refractivity contribution in [3.8, 4) is 22.8 Å². The van der Waals surface area contributed by atoms with Crippen LogP contribution in [0.1, 0.15) is 37.8 Å². The predicted octanol–water partition coefficient (Wildman–Crippen LogP) is 5.20. The number of aromatic nitrogens is 2. The molecule has 2 heterocycles. The molecule has 1 fully saturated rings. The van der Waals surface area contributed by atoms with Gasteiger partial charge in [0.15, 0.2) is 0 Å². The Bertz CT molecular complexity index is 859. The first-order chi connectivity index (χ1) is 13.2. The van der Waals surface area contributed by atoms with E-state index < -0.39 is 0 Å². The van der Waals surface area contributed by atoms with Crippen LogP contribution in [0, 0.1) is 5.92 Å². The first kappa shape index (κ1) is 17.9. The van der Waals surface area contributed by atoms with Crippen LogP contribution in [0.25, 0.3) is 22.8 Å². The lowest BCUT2D eigenvalue weighted by atomic mass is 10.0. The van der Waals surface area contributed by atoms with E-state index in [1.54, 1.807) is 0 Å². The van der Waals surface area contributed by atoms with Gasteiger partial charge in [-0.3, -0.25) is 4.90 Å². The van der Waals surface area contributed by atoms with Crippen molar-refractivity contribution >= 4 is 0 Å². The molecule has 0 aliphatic carbocycles. The molecule has 27 heavy (non-hydrogen) atoms. The molecular weight excluding hydrogens is 334 g/mol. The zero-order valence-corrected chi connectivity index (χ0v) is 16.2. The molecule has 0 atom stereocenters. The molecule has 4 rings (SSSR count). The summed E-state index contributed by atoms with van der Waals surface area (Å²) >= 11 is 0. The van der Waals surface area contributed by atoms with Gasteiger partial charge in [0.25, 0.3) is 5.89 Å². The average Bonchev–Trinajstić information content (AvgIpc) is 3.35. The zero-order valence-electron chi connectivity index (χ0n) is 16.2. The van der Waals surface area contributed by atoms with Crippen molar-refractivity contribution < 1.29 is 4.52 Å². The van der Waals surface area contributed by atoms with Gasteiger partial charge >= 0.3 is 0 Å². The molecule has 2 aromatic carbocycles. The smallest absolute Gasteiger partial charge is 0.258 e. The van der Waals surface area contributed by atoms with Crippen molar-refractivity contribution in [1.29, 1.82) is 0 Å². The summed E-state index contributed by atoms with van der Waals surface area (Å²) in [5, 5.41) is 4.17. The lowest BCUT2D eigenvalue weighted by molar-refractivity contribution is 0.331. The maximum absolute atomic E-state index is 5.49. The quantitative estimate of drug-likeness (QED) is 0.605. The molecule has 0 saturated carbocycles. The summed E-state index contributed by atoms with van der Waals surface area (Å²) in [7, 11) is 0. The molecule has 3 aromatic rings. The molecule has 0 spiro atoms. The van der Waals surface area contributed by atoms with Gasteiger partial charge in [0.2, 0.25) is 5.82 Å². The normalized spacial score (nSPS) is 14.9. The molecule has 0 N–H and O–H groups in total. The summed E-state index contributed by atoms with van der Waals surface area (Å²) in [5.41, 5.74) is 4.63. The van der Waals surface area contributed by atoms with E-state index in [9.17, 15) is 0 Å². The molecule has 1 aliphatic rings. The summed E-state index contributed by atoms with van der Waals surface area (Å²) in [6, 6.07) is 16.9. The van der Waals surface area contributed by atoms with Crippen LogP contribution in [0.15, 0.2) is 53.1 Å². The number of rotatable bonds is 6. The van der Waals surface area contributed by atoms with Gasteiger partial charge in [-0.05, 0) is 61.5 Å². The van der Waals surface area contributed by atoms with E-state index in [0.717, 1.165) is 24.1 Å². The summed E-state index contributed by atoms with van der Waals surface area (Å²) in [6.45, 7) is 7.92. The fourth-order valence-electron chi connectivity index (χ4n) is 3.67. The van der Waals surface area contributed by atoms with Gasteiger partial charge in [-0.15, -0.1) is 0 Å². The number of hydrogen-bond acceptors (Lipinski definition) is 4. The van der Waals surface area contributed by atoms with Crippen LogP contribution in [0.3, 0.4) is 0 Å².